The van der Waals surface area contributed by atoms with Gasteiger partial charge >= 0.3 is 6.18 Å². The van der Waals surface area contributed by atoms with E-state index in [1.54, 1.807) is 18.2 Å². The lowest BCUT2D eigenvalue weighted by Crippen LogP contribution is -2.29. The van der Waals surface area contributed by atoms with Gasteiger partial charge < -0.3 is 5.32 Å². The molecule has 0 unspecified atom stereocenters. The number of alkyl halides is 3. The Morgan fingerprint density at radius 3 is 2.53 bits per heavy atom. The van der Waals surface area contributed by atoms with Crippen LogP contribution in [0.25, 0.3) is 5.57 Å². The molecule has 0 bridgehead atoms. The summed E-state index contributed by atoms with van der Waals surface area (Å²) in [6.45, 7) is 0.895. The summed E-state index contributed by atoms with van der Waals surface area (Å²) >= 11 is 0. The van der Waals surface area contributed by atoms with Crippen LogP contribution in [0.4, 0.5) is 13.2 Å². The molecule has 1 aliphatic heterocycles. The van der Waals surface area contributed by atoms with Crippen molar-refractivity contribution >= 4 is 18.0 Å². The van der Waals surface area contributed by atoms with Crippen LogP contribution in [-0.2, 0) is 19.1 Å². The molecule has 0 aromatic carbocycles. The number of nitrogens with one attached hydrogen (secondary N) is 1. The van der Waals surface area contributed by atoms with Crippen LogP contribution in [0, 0.1) is 0 Å². The van der Waals surface area contributed by atoms with Crippen LogP contribution < -0.4 is 5.32 Å². The van der Waals surface area contributed by atoms with Crippen molar-refractivity contribution in [1.29, 1.82) is 0 Å². The van der Waals surface area contributed by atoms with Gasteiger partial charge in [0.25, 0.3) is 0 Å². The van der Waals surface area contributed by atoms with Crippen molar-refractivity contribution < 1.29 is 13.2 Å². The molecule has 0 radical (unpaired) electrons. The quantitative estimate of drug-likeness (QED) is 0.863. The summed E-state index contributed by atoms with van der Waals surface area (Å²) in [5.41, 5.74) is 0.549. The lowest BCUT2D eigenvalue weighted by molar-refractivity contribution is -0.142. The van der Waals surface area contributed by atoms with Crippen LogP contribution in [-0.4, -0.2) is 16.5 Å². The van der Waals surface area contributed by atoms with Gasteiger partial charge in [-0.25, -0.2) is 9.97 Å². The maximum atomic E-state index is 13.0. The van der Waals surface area contributed by atoms with Gasteiger partial charge in [-0.3, -0.25) is 0 Å². The van der Waals surface area contributed by atoms with Crippen LogP contribution >= 0.6 is 12.4 Å². The lowest BCUT2D eigenvalue weighted by Gasteiger charge is -2.21. The molecule has 1 N–H and O–H groups in total. The summed E-state index contributed by atoms with van der Waals surface area (Å²) in [6.07, 6.45) is 1.06. The highest BCUT2D eigenvalue weighted by molar-refractivity contribution is 5.85. The standard InChI is InChI=1S/C12H10F3N3.ClH/c13-12(14,15)10-8-4-5-16-6-9(8)17-11(18-10)7-2-1-3-7;/h1-3,16H,4-6H2;1H. The molecule has 19 heavy (non-hydrogen) atoms. The fourth-order valence-corrected chi connectivity index (χ4v) is 2.06. The third-order valence-electron chi connectivity index (χ3n) is 3.02. The molecule has 2 heterocycles. The van der Waals surface area contributed by atoms with Crippen LogP contribution in [0.5, 0.6) is 0 Å². The Bertz CT molecular complexity index is 564. The Kier molecular flexibility index (Phi) is 3.64. The van der Waals surface area contributed by atoms with Crippen LogP contribution in [0.1, 0.15) is 22.8 Å². The molecular formula is C12H11ClF3N3. The third-order valence-corrected chi connectivity index (χ3v) is 3.02. The van der Waals surface area contributed by atoms with E-state index in [4.69, 9.17) is 0 Å². The van der Waals surface area contributed by atoms with E-state index in [1.165, 1.54) is 0 Å². The minimum absolute atomic E-state index is 0. The van der Waals surface area contributed by atoms with E-state index in [1.807, 2.05) is 0 Å². The smallest absolute Gasteiger partial charge is 0.311 e. The number of nitrogens with zero attached hydrogens (tertiary/aromatic N) is 2. The van der Waals surface area contributed by atoms with Crippen molar-refractivity contribution in [3.8, 4) is 0 Å². The van der Waals surface area contributed by atoms with Gasteiger partial charge in [-0.1, -0.05) is 18.2 Å². The van der Waals surface area contributed by atoms with Crippen molar-refractivity contribution in [1.82, 2.24) is 15.3 Å². The molecule has 2 aliphatic rings. The molecule has 0 fully saturated rings. The number of halogens is 4. The van der Waals surface area contributed by atoms with Crippen molar-refractivity contribution in [2.45, 2.75) is 19.1 Å². The number of aromatic nitrogens is 2. The molecule has 0 amide bonds. The first-order valence-corrected chi connectivity index (χ1v) is 5.62. The van der Waals surface area contributed by atoms with Gasteiger partial charge in [0, 0.05) is 17.7 Å². The van der Waals surface area contributed by atoms with E-state index in [0.29, 0.717) is 30.8 Å². The first kappa shape index (κ1) is 14.0. The zero-order valence-electron chi connectivity index (χ0n) is 9.79. The normalized spacial score (nSPS) is 17.1. The molecule has 1 aromatic rings. The molecule has 0 atom stereocenters. The maximum Gasteiger partial charge on any atom is 0.433 e. The van der Waals surface area contributed by atoms with Gasteiger partial charge in [0.2, 0.25) is 0 Å². The van der Waals surface area contributed by atoms with E-state index in [-0.39, 0.29) is 23.8 Å². The number of fused-ring (bicyclic) bond motifs is 1. The molecule has 0 spiro atoms. The van der Waals surface area contributed by atoms with Crippen molar-refractivity contribution in [2.75, 3.05) is 6.54 Å². The summed E-state index contributed by atoms with van der Waals surface area (Å²) in [7, 11) is 0. The molecule has 3 nitrogen and oxygen atoms in total. The lowest BCUT2D eigenvalue weighted by atomic mass is 10.0. The van der Waals surface area contributed by atoms with Gasteiger partial charge in [0.15, 0.2) is 11.5 Å². The fraction of sp³-hybridized carbons (Fsp3) is 0.333. The largest absolute Gasteiger partial charge is 0.433 e. The Labute approximate surface area is 114 Å². The highest BCUT2D eigenvalue weighted by atomic mass is 35.5. The van der Waals surface area contributed by atoms with Gasteiger partial charge in [-0.05, 0) is 13.0 Å². The Hall–Kier alpha value is -1.40. The number of hydrogen-bond donors (Lipinski definition) is 1. The van der Waals surface area contributed by atoms with Gasteiger partial charge in [0.05, 0.1) is 5.69 Å². The highest BCUT2D eigenvalue weighted by Gasteiger charge is 2.38. The fourth-order valence-electron chi connectivity index (χ4n) is 2.06. The summed E-state index contributed by atoms with van der Waals surface area (Å²) < 4.78 is 39.0. The highest BCUT2D eigenvalue weighted by Crippen LogP contribution is 2.34. The summed E-state index contributed by atoms with van der Waals surface area (Å²) in [4.78, 5) is 7.91. The minimum atomic E-state index is -4.42. The van der Waals surface area contributed by atoms with Crippen LogP contribution in [0.2, 0.25) is 0 Å². The molecule has 102 valence electrons. The average Bonchev–Trinajstić information content (AvgIpc) is 2.24. The second kappa shape index (κ2) is 4.94. The van der Waals surface area contributed by atoms with Gasteiger partial charge in [-0.15, -0.1) is 12.4 Å². The second-order valence-electron chi connectivity index (χ2n) is 4.23. The first-order valence-electron chi connectivity index (χ1n) is 5.62. The Morgan fingerprint density at radius 2 is 1.95 bits per heavy atom. The minimum Gasteiger partial charge on any atom is -0.311 e. The zero-order chi connectivity index (χ0) is 12.8. The molecular weight excluding hydrogens is 279 g/mol. The second-order valence-corrected chi connectivity index (χ2v) is 4.23. The number of hydrogen-bond acceptors (Lipinski definition) is 3. The van der Waals surface area contributed by atoms with E-state index < -0.39 is 11.9 Å². The first-order chi connectivity index (χ1) is 8.55. The van der Waals surface area contributed by atoms with E-state index in [0.717, 1.165) is 0 Å². The van der Waals surface area contributed by atoms with Crippen molar-refractivity contribution in [3.63, 3.8) is 0 Å². The predicted octanol–water partition coefficient (Wildman–Crippen LogP) is 2.52. The Balaban J connectivity index is 0.00000133. The van der Waals surface area contributed by atoms with Crippen LogP contribution in [0.3, 0.4) is 0 Å². The predicted molar refractivity (Wildman–Crippen MR) is 66.8 cm³/mol. The maximum absolute atomic E-state index is 13.0. The summed E-state index contributed by atoms with van der Waals surface area (Å²) in [6, 6.07) is 0. The van der Waals surface area contributed by atoms with E-state index >= 15 is 0 Å². The average molecular weight is 290 g/mol. The van der Waals surface area contributed by atoms with Crippen LogP contribution in [0.15, 0.2) is 18.2 Å². The van der Waals surface area contributed by atoms with E-state index in [9.17, 15) is 13.2 Å². The number of rotatable bonds is 1. The van der Waals surface area contributed by atoms with Gasteiger partial charge in [-0.2, -0.15) is 13.2 Å². The summed E-state index contributed by atoms with van der Waals surface area (Å²) in [5, 5.41) is 3.03. The third kappa shape index (κ3) is 2.50. The van der Waals surface area contributed by atoms with Crippen molar-refractivity contribution in [3.05, 3.63) is 41.0 Å². The molecule has 1 aliphatic carbocycles. The summed E-state index contributed by atoms with van der Waals surface area (Å²) in [5.74, 6) is 0.160. The molecule has 0 saturated carbocycles. The number of allylic oxidation sites excluding steroid dienone is 4. The molecule has 1 aromatic heterocycles. The topological polar surface area (TPSA) is 37.8 Å². The zero-order valence-corrected chi connectivity index (χ0v) is 10.6. The monoisotopic (exact) mass is 289 g/mol. The van der Waals surface area contributed by atoms with Crippen molar-refractivity contribution in [2.24, 2.45) is 0 Å². The van der Waals surface area contributed by atoms with E-state index in [2.05, 4.69) is 15.3 Å². The van der Waals surface area contributed by atoms with Gasteiger partial charge in [0.1, 0.15) is 0 Å². The SMILES string of the molecule is Cl.FC(F)(F)c1nc(C2=CC=C2)nc2c1CCNC2. The Morgan fingerprint density at radius 1 is 1.21 bits per heavy atom. The molecule has 0 saturated heterocycles. The molecule has 7 heteroatoms. The molecule has 3 rings (SSSR count).